The molecule has 0 atom stereocenters. The standard InChI is InChI=1S/C8H17O5P/c1-8(2,3)7(9)6-13-14(10,11-4)12-5/h6H2,1-5H3. The summed E-state index contributed by atoms with van der Waals surface area (Å²) >= 11 is 0. The van der Waals surface area contributed by atoms with Crippen LogP contribution in [0.25, 0.3) is 0 Å². The van der Waals surface area contributed by atoms with Crippen molar-refractivity contribution < 1.29 is 22.9 Å². The van der Waals surface area contributed by atoms with Crippen LogP contribution < -0.4 is 0 Å². The minimum absolute atomic E-state index is 0.160. The Morgan fingerprint density at radius 1 is 1.21 bits per heavy atom. The summed E-state index contributed by atoms with van der Waals surface area (Å²) in [5, 5.41) is 0. The Balaban J connectivity index is 4.19. The van der Waals surface area contributed by atoms with Crippen LogP contribution in [0.2, 0.25) is 0 Å². The maximum atomic E-state index is 11.4. The second-order valence-electron chi connectivity index (χ2n) is 3.76. The molecule has 14 heavy (non-hydrogen) atoms. The highest BCUT2D eigenvalue weighted by molar-refractivity contribution is 7.48. The van der Waals surface area contributed by atoms with E-state index in [0.29, 0.717) is 0 Å². The predicted octanol–water partition coefficient (Wildman–Crippen LogP) is 2.02. The molecule has 6 heteroatoms. The van der Waals surface area contributed by atoms with E-state index in [4.69, 9.17) is 4.52 Å². The van der Waals surface area contributed by atoms with Crippen LogP contribution in [0, 0.1) is 5.41 Å². The first-order valence-corrected chi connectivity index (χ1v) is 5.60. The van der Waals surface area contributed by atoms with Gasteiger partial charge in [0.15, 0.2) is 5.78 Å². The monoisotopic (exact) mass is 224 g/mol. The summed E-state index contributed by atoms with van der Waals surface area (Å²) < 4.78 is 25.2. The minimum Gasteiger partial charge on any atom is -0.296 e. The number of hydrogen-bond donors (Lipinski definition) is 0. The number of Topliss-reactive ketones (excluding diaryl/α,β-unsaturated/α-hetero) is 1. The van der Waals surface area contributed by atoms with Gasteiger partial charge in [-0.1, -0.05) is 20.8 Å². The van der Waals surface area contributed by atoms with Crippen LogP contribution in [0.3, 0.4) is 0 Å². The van der Waals surface area contributed by atoms with E-state index in [-0.39, 0.29) is 12.4 Å². The summed E-state index contributed by atoms with van der Waals surface area (Å²) in [5.74, 6) is -0.160. The van der Waals surface area contributed by atoms with Gasteiger partial charge in [-0.15, -0.1) is 0 Å². The molecule has 0 bridgehead atoms. The zero-order valence-electron chi connectivity index (χ0n) is 9.20. The summed E-state index contributed by atoms with van der Waals surface area (Å²) in [4.78, 5) is 11.4. The van der Waals surface area contributed by atoms with Gasteiger partial charge >= 0.3 is 7.82 Å². The molecule has 0 amide bonds. The zero-order chi connectivity index (χ0) is 11.4. The Labute approximate surface area is 84.3 Å². The summed E-state index contributed by atoms with van der Waals surface area (Å²) in [6.07, 6.45) is 0. The van der Waals surface area contributed by atoms with Gasteiger partial charge in [-0.25, -0.2) is 4.57 Å². The topological polar surface area (TPSA) is 61.8 Å². The average Bonchev–Trinajstić information content (AvgIpc) is 2.12. The van der Waals surface area contributed by atoms with E-state index < -0.39 is 13.2 Å². The molecule has 0 spiro atoms. The third-order valence-corrected chi connectivity index (χ3v) is 2.98. The van der Waals surface area contributed by atoms with E-state index in [1.54, 1.807) is 20.8 Å². The number of phosphoric ester groups is 1. The van der Waals surface area contributed by atoms with Crippen molar-refractivity contribution in [2.24, 2.45) is 5.41 Å². The van der Waals surface area contributed by atoms with Crippen molar-refractivity contribution in [2.45, 2.75) is 20.8 Å². The lowest BCUT2D eigenvalue weighted by Gasteiger charge is -2.18. The highest BCUT2D eigenvalue weighted by Gasteiger charge is 2.28. The first-order valence-electron chi connectivity index (χ1n) is 4.14. The zero-order valence-corrected chi connectivity index (χ0v) is 10.1. The molecule has 0 aliphatic rings. The van der Waals surface area contributed by atoms with E-state index >= 15 is 0 Å². The van der Waals surface area contributed by atoms with E-state index in [9.17, 15) is 9.36 Å². The van der Waals surface area contributed by atoms with Crippen LogP contribution in [0.15, 0.2) is 0 Å². The molecule has 0 aromatic heterocycles. The third kappa shape index (κ3) is 4.33. The minimum atomic E-state index is -3.53. The summed E-state index contributed by atoms with van der Waals surface area (Å²) in [6.45, 7) is 4.98. The molecule has 0 saturated heterocycles. The first-order chi connectivity index (χ1) is 6.25. The van der Waals surface area contributed by atoms with Gasteiger partial charge in [-0.3, -0.25) is 18.4 Å². The molecular weight excluding hydrogens is 207 g/mol. The predicted molar refractivity (Wildman–Crippen MR) is 52.0 cm³/mol. The van der Waals surface area contributed by atoms with E-state index in [1.807, 2.05) is 0 Å². The maximum absolute atomic E-state index is 11.4. The molecule has 0 heterocycles. The molecule has 0 saturated carbocycles. The summed E-state index contributed by atoms with van der Waals surface area (Å²) in [7, 11) is -1.12. The third-order valence-electron chi connectivity index (χ3n) is 1.64. The van der Waals surface area contributed by atoms with Gasteiger partial charge in [0.05, 0.1) is 0 Å². The van der Waals surface area contributed by atoms with Crippen molar-refractivity contribution in [1.29, 1.82) is 0 Å². The molecule has 0 aliphatic carbocycles. The summed E-state index contributed by atoms with van der Waals surface area (Å²) in [6, 6.07) is 0. The fraction of sp³-hybridized carbons (Fsp3) is 0.875. The van der Waals surface area contributed by atoms with Crippen LogP contribution in [0.1, 0.15) is 20.8 Å². The molecule has 0 aromatic rings. The maximum Gasteiger partial charge on any atom is 0.474 e. The first kappa shape index (κ1) is 13.8. The number of hydrogen-bond acceptors (Lipinski definition) is 5. The van der Waals surface area contributed by atoms with Crippen molar-refractivity contribution in [3.63, 3.8) is 0 Å². The van der Waals surface area contributed by atoms with Gasteiger partial charge in [-0.05, 0) is 0 Å². The van der Waals surface area contributed by atoms with Crippen molar-refractivity contribution >= 4 is 13.6 Å². The van der Waals surface area contributed by atoms with Gasteiger partial charge in [0, 0.05) is 19.6 Å². The molecule has 0 N–H and O–H groups in total. The highest BCUT2D eigenvalue weighted by atomic mass is 31.2. The normalized spacial score (nSPS) is 12.9. The molecule has 0 aromatic carbocycles. The number of carbonyl (C=O) groups is 1. The number of phosphoric acid groups is 1. The molecule has 0 radical (unpaired) electrons. The van der Waals surface area contributed by atoms with Crippen LogP contribution in [0.5, 0.6) is 0 Å². The van der Waals surface area contributed by atoms with Gasteiger partial charge in [-0.2, -0.15) is 0 Å². The van der Waals surface area contributed by atoms with Crippen molar-refractivity contribution in [1.82, 2.24) is 0 Å². The van der Waals surface area contributed by atoms with Crippen LogP contribution in [0.4, 0.5) is 0 Å². The second kappa shape index (κ2) is 5.03. The van der Waals surface area contributed by atoms with Crippen molar-refractivity contribution in [2.75, 3.05) is 20.8 Å². The van der Waals surface area contributed by atoms with Crippen LogP contribution in [-0.2, 0) is 22.9 Å². The summed E-state index contributed by atoms with van der Waals surface area (Å²) in [5.41, 5.74) is -0.522. The number of carbonyl (C=O) groups excluding carboxylic acids is 1. The Bertz CT molecular complexity index is 235. The van der Waals surface area contributed by atoms with Gasteiger partial charge in [0.2, 0.25) is 0 Å². The molecule has 84 valence electrons. The second-order valence-corrected chi connectivity index (χ2v) is 5.64. The van der Waals surface area contributed by atoms with Gasteiger partial charge in [0.25, 0.3) is 0 Å². The molecule has 0 unspecified atom stereocenters. The van der Waals surface area contributed by atoms with Gasteiger partial charge in [0.1, 0.15) is 6.61 Å². The number of ketones is 1. The fourth-order valence-corrected chi connectivity index (χ4v) is 1.17. The molecule has 5 nitrogen and oxygen atoms in total. The Morgan fingerprint density at radius 3 is 1.93 bits per heavy atom. The Kier molecular flexibility index (Phi) is 4.95. The van der Waals surface area contributed by atoms with E-state index in [0.717, 1.165) is 0 Å². The van der Waals surface area contributed by atoms with Gasteiger partial charge < -0.3 is 0 Å². The highest BCUT2D eigenvalue weighted by Crippen LogP contribution is 2.47. The lowest BCUT2D eigenvalue weighted by molar-refractivity contribution is -0.128. The lowest BCUT2D eigenvalue weighted by atomic mass is 9.91. The Hall–Kier alpha value is -0.220. The largest absolute Gasteiger partial charge is 0.474 e. The van der Waals surface area contributed by atoms with E-state index in [2.05, 4.69) is 9.05 Å². The lowest BCUT2D eigenvalue weighted by Crippen LogP contribution is -2.24. The molecule has 0 fully saturated rings. The number of rotatable bonds is 5. The smallest absolute Gasteiger partial charge is 0.296 e. The van der Waals surface area contributed by atoms with E-state index in [1.165, 1.54) is 14.2 Å². The molecule has 0 rings (SSSR count). The van der Waals surface area contributed by atoms with Crippen LogP contribution >= 0.6 is 7.82 Å². The SMILES string of the molecule is COP(=O)(OC)OCC(=O)C(C)(C)C. The molecular formula is C8H17O5P. The average molecular weight is 224 g/mol. The fourth-order valence-electron chi connectivity index (χ4n) is 0.534. The van der Waals surface area contributed by atoms with Crippen molar-refractivity contribution in [3.8, 4) is 0 Å². The molecule has 0 aliphatic heterocycles. The Morgan fingerprint density at radius 2 is 1.64 bits per heavy atom. The quantitative estimate of drug-likeness (QED) is 0.668. The van der Waals surface area contributed by atoms with Crippen molar-refractivity contribution in [3.05, 3.63) is 0 Å². The van der Waals surface area contributed by atoms with Crippen LogP contribution in [-0.4, -0.2) is 26.6 Å².